The Bertz CT molecular complexity index is 291. The average Bonchev–Trinajstić information content (AvgIpc) is 2.86. The SMILES string of the molecule is CCN(CCCO)CC(=O)NC(=O)NC1CCCC1. The van der Waals surface area contributed by atoms with Crippen LogP contribution in [0.2, 0.25) is 0 Å². The second kappa shape index (κ2) is 8.87. The molecule has 0 aliphatic heterocycles. The van der Waals surface area contributed by atoms with Gasteiger partial charge in [-0.3, -0.25) is 15.0 Å². The summed E-state index contributed by atoms with van der Waals surface area (Å²) >= 11 is 0. The fourth-order valence-corrected chi connectivity index (χ4v) is 2.30. The number of carbonyl (C=O) groups excluding carboxylic acids is 2. The molecule has 0 bridgehead atoms. The zero-order chi connectivity index (χ0) is 14.1. The number of aliphatic hydroxyl groups is 1. The monoisotopic (exact) mass is 271 g/mol. The summed E-state index contributed by atoms with van der Waals surface area (Å²) in [5.41, 5.74) is 0. The van der Waals surface area contributed by atoms with Crippen molar-refractivity contribution in [2.75, 3.05) is 26.2 Å². The van der Waals surface area contributed by atoms with Crippen LogP contribution in [-0.2, 0) is 4.79 Å². The van der Waals surface area contributed by atoms with Crippen molar-refractivity contribution in [3.63, 3.8) is 0 Å². The molecule has 6 nitrogen and oxygen atoms in total. The second-order valence-electron chi connectivity index (χ2n) is 4.95. The smallest absolute Gasteiger partial charge is 0.321 e. The van der Waals surface area contributed by atoms with Crippen LogP contribution in [0, 0.1) is 0 Å². The van der Waals surface area contributed by atoms with Crippen molar-refractivity contribution in [3.8, 4) is 0 Å². The standard InChI is InChI=1S/C13H25N3O3/c1-2-16(8-5-9-17)10-12(18)15-13(19)14-11-6-3-4-7-11/h11,17H,2-10H2,1H3,(H2,14,15,18,19). The average molecular weight is 271 g/mol. The first-order valence-corrected chi connectivity index (χ1v) is 7.09. The summed E-state index contributed by atoms with van der Waals surface area (Å²) in [6.07, 6.45) is 4.92. The maximum atomic E-state index is 11.7. The minimum absolute atomic E-state index is 0.111. The molecule has 0 spiro atoms. The first-order valence-electron chi connectivity index (χ1n) is 7.09. The number of nitrogens with one attached hydrogen (secondary N) is 2. The Hall–Kier alpha value is -1.14. The van der Waals surface area contributed by atoms with Crippen molar-refractivity contribution in [2.24, 2.45) is 0 Å². The van der Waals surface area contributed by atoms with E-state index in [9.17, 15) is 9.59 Å². The lowest BCUT2D eigenvalue weighted by Crippen LogP contribution is -2.47. The Kier molecular flexibility index (Phi) is 7.43. The Morgan fingerprint density at radius 3 is 2.58 bits per heavy atom. The Morgan fingerprint density at radius 2 is 2.00 bits per heavy atom. The summed E-state index contributed by atoms with van der Waals surface area (Å²) in [4.78, 5) is 25.2. The molecule has 6 heteroatoms. The van der Waals surface area contributed by atoms with Crippen molar-refractivity contribution < 1.29 is 14.7 Å². The van der Waals surface area contributed by atoms with Crippen molar-refractivity contribution in [2.45, 2.75) is 45.1 Å². The van der Waals surface area contributed by atoms with Gasteiger partial charge in [0, 0.05) is 19.2 Å². The van der Waals surface area contributed by atoms with Crippen LogP contribution in [0.3, 0.4) is 0 Å². The highest BCUT2D eigenvalue weighted by Gasteiger charge is 2.18. The first kappa shape index (κ1) is 15.9. The van der Waals surface area contributed by atoms with Crippen LogP contribution in [0.15, 0.2) is 0 Å². The number of imide groups is 1. The third-order valence-electron chi connectivity index (χ3n) is 3.39. The van der Waals surface area contributed by atoms with Crippen LogP contribution in [-0.4, -0.2) is 54.2 Å². The molecule has 0 aromatic heterocycles. The molecule has 1 rings (SSSR count). The number of hydrogen-bond acceptors (Lipinski definition) is 4. The summed E-state index contributed by atoms with van der Waals surface area (Å²) < 4.78 is 0. The van der Waals surface area contributed by atoms with E-state index in [1.54, 1.807) is 0 Å². The van der Waals surface area contributed by atoms with Crippen LogP contribution >= 0.6 is 0 Å². The molecule has 0 radical (unpaired) electrons. The number of aliphatic hydroxyl groups excluding tert-OH is 1. The van der Waals surface area contributed by atoms with Gasteiger partial charge in [-0.05, 0) is 25.8 Å². The lowest BCUT2D eigenvalue weighted by Gasteiger charge is -2.19. The van der Waals surface area contributed by atoms with Gasteiger partial charge in [-0.15, -0.1) is 0 Å². The topological polar surface area (TPSA) is 81.7 Å². The summed E-state index contributed by atoms with van der Waals surface area (Å²) in [6, 6.07) is -0.181. The molecule has 0 atom stereocenters. The molecule has 110 valence electrons. The van der Waals surface area contributed by atoms with Gasteiger partial charge in [0.05, 0.1) is 6.54 Å². The van der Waals surface area contributed by atoms with E-state index in [-0.39, 0.29) is 25.1 Å². The van der Waals surface area contributed by atoms with E-state index in [2.05, 4.69) is 10.6 Å². The minimum atomic E-state index is -0.393. The van der Waals surface area contributed by atoms with Crippen molar-refractivity contribution in [1.82, 2.24) is 15.5 Å². The highest BCUT2D eigenvalue weighted by molar-refractivity contribution is 5.95. The van der Waals surface area contributed by atoms with Crippen LogP contribution in [0.25, 0.3) is 0 Å². The lowest BCUT2D eigenvalue weighted by molar-refractivity contribution is -0.121. The van der Waals surface area contributed by atoms with E-state index in [0.717, 1.165) is 32.2 Å². The third-order valence-corrected chi connectivity index (χ3v) is 3.39. The van der Waals surface area contributed by atoms with Gasteiger partial charge in [0.1, 0.15) is 0 Å². The molecule has 0 heterocycles. The first-order chi connectivity index (χ1) is 9.15. The molecule has 0 aromatic rings. The molecule has 19 heavy (non-hydrogen) atoms. The quantitative estimate of drug-likeness (QED) is 0.628. The minimum Gasteiger partial charge on any atom is -0.396 e. The maximum Gasteiger partial charge on any atom is 0.321 e. The Morgan fingerprint density at radius 1 is 1.32 bits per heavy atom. The molecule has 1 saturated carbocycles. The number of rotatable bonds is 7. The Labute approximate surface area is 114 Å². The normalized spacial score (nSPS) is 15.7. The zero-order valence-electron chi connectivity index (χ0n) is 11.7. The predicted octanol–water partition coefficient (Wildman–Crippen LogP) is 0.459. The maximum absolute atomic E-state index is 11.7. The lowest BCUT2D eigenvalue weighted by atomic mass is 10.2. The van der Waals surface area contributed by atoms with Crippen LogP contribution < -0.4 is 10.6 Å². The van der Waals surface area contributed by atoms with Crippen LogP contribution in [0.5, 0.6) is 0 Å². The summed E-state index contributed by atoms with van der Waals surface area (Å²) in [6.45, 7) is 3.63. The van der Waals surface area contributed by atoms with Crippen molar-refractivity contribution in [3.05, 3.63) is 0 Å². The summed E-state index contributed by atoms with van der Waals surface area (Å²) in [5, 5.41) is 13.9. The largest absolute Gasteiger partial charge is 0.396 e. The van der Waals surface area contributed by atoms with Gasteiger partial charge in [0.25, 0.3) is 0 Å². The summed E-state index contributed by atoms with van der Waals surface area (Å²) in [7, 11) is 0. The van der Waals surface area contributed by atoms with Gasteiger partial charge < -0.3 is 10.4 Å². The second-order valence-corrected chi connectivity index (χ2v) is 4.95. The van der Waals surface area contributed by atoms with Crippen LogP contribution in [0.4, 0.5) is 4.79 Å². The molecule has 1 fully saturated rings. The number of carbonyl (C=O) groups is 2. The number of urea groups is 1. The van der Waals surface area contributed by atoms with E-state index in [1.807, 2.05) is 11.8 Å². The van der Waals surface area contributed by atoms with Crippen molar-refractivity contribution in [1.29, 1.82) is 0 Å². The fraction of sp³-hybridized carbons (Fsp3) is 0.846. The molecule has 3 amide bonds. The van der Waals surface area contributed by atoms with E-state index in [0.29, 0.717) is 13.0 Å². The van der Waals surface area contributed by atoms with E-state index in [1.165, 1.54) is 0 Å². The highest BCUT2D eigenvalue weighted by atomic mass is 16.3. The van der Waals surface area contributed by atoms with E-state index < -0.39 is 6.03 Å². The van der Waals surface area contributed by atoms with Gasteiger partial charge in [-0.25, -0.2) is 4.79 Å². The van der Waals surface area contributed by atoms with Gasteiger partial charge >= 0.3 is 6.03 Å². The number of nitrogens with zero attached hydrogens (tertiary/aromatic N) is 1. The predicted molar refractivity (Wildman–Crippen MR) is 72.7 cm³/mol. The molecule has 0 unspecified atom stereocenters. The van der Waals surface area contributed by atoms with E-state index >= 15 is 0 Å². The van der Waals surface area contributed by atoms with Crippen LogP contribution in [0.1, 0.15) is 39.0 Å². The zero-order valence-corrected chi connectivity index (χ0v) is 11.7. The number of amides is 3. The number of likely N-dealkylation sites (N-methyl/N-ethyl adjacent to an activating group) is 1. The van der Waals surface area contributed by atoms with Gasteiger partial charge in [0.15, 0.2) is 0 Å². The number of hydrogen-bond donors (Lipinski definition) is 3. The van der Waals surface area contributed by atoms with Gasteiger partial charge in [-0.1, -0.05) is 19.8 Å². The molecule has 1 aliphatic rings. The van der Waals surface area contributed by atoms with Gasteiger partial charge in [-0.2, -0.15) is 0 Å². The highest BCUT2D eigenvalue weighted by Crippen LogP contribution is 2.17. The Balaban J connectivity index is 2.22. The molecule has 1 aliphatic carbocycles. The molecule has 0 saturated heterocycles. The fourth-order valence-electron chi connectivity index (χ4n) is 2.30. The molecular formula is C13H25N3O3. The molecule has 0 aromatic carbocycles. The molecular weight excluding hydrogens is 246 g/mol. The van der Waals surface area contributed by atoms with Gasteiger partial charge in [0.2, 0.25) is 5.91 Å². The summed E-state index contributed by atoms with van der Waals surface area (Å²) in [5.74, 6) is -0.296. The third kappa shape index (κ3) is 6.54. The molecule has 3 N–H and O–H groups in total. The van der Waals surface area contributed by atoms with E-state index in [4.69, 9.17) is 5.11 Å². The van der Waals surface area contributed by atoms with Crippen molar-refractivity contribution >= 4 is 11.9 Å².